The Morgan fingerprint density at radius 1 is 0.422 bits per heavy atom. The van der Waals surface area contributed by atoms with Gasteiger partial charge in [0.25, 0.3) is 0 Å². The SMILES string of the molecule is ClC1C(Cc2cc(CC3C(Cl)C4(Br)CC3(Br)C(Br)=C4Br)cc(CC3C(Cl)C4(Br)CC3(Br)C(Br)=C4Br)c2)C2(Br)CC1(Br)C(Br)=C2Br. The quantitative estimate of drug-likeness (QED) is 0.249. The minimum Gasteiger partial charge on any atom is -0.121 e. The van der Waals surface area contributed by atoms with Crippen LogP contribution in [0.1, 0.15) is 36.0 Å². The highest BCUT2D eigenvalue weighted by Gasteiger charge is 2.69. The molecule has 12 unspecified atom stereocenters. The third-order valence-corrected chi connectivity index (χ3v) is 32.5. The number of halogens is 15. The standard InChI is InChI=1S/C30H21Br12Cl3/c31-16-19(34)28(40)7-25(16,37)13(22(28)43)4-10-1-11(5-14-23(44)29(41)8-26(14,38)17(32)20(29)35)3-12(2-10)6-15-24(45)30(42)9-27(15,39)18(33)21(30)36/h1-3,13-15,22-24H,4-9H2. The highest BCUT2D eigenvalue weighted by Crippen LogP contribution is 2.72. The Morgan fingerprint density at radius 3 is 0.822 bits per heavy atom. The number of alkyl halides is 9. The van der Waals surface area contributed by atoms with Crippen LogP contribution in [0.25, 0.3) is 0 Å². The van der Waals surface area contributed by atoms with E-state index in [2.05, 4.69) is 209 Å². The lowest BCUT2D eigenvalue weighted by atomic mass is 9.81. The summed E-state index contributed by atoms with van der Waals surface area (Å²) in [7, 11) is 0. The van der Waals surface area contributed by atoms with Gasteiger partial charge in [0.05, 0.1) is 42.1 Å². The van der Waals surface area contributed by atoms with Crippen molar-refractivity contribution in [2.75, 3.05) is 0 Å². The van der Waals surface area contributed by atoms with Crippen LogP contribution in [0.15, 0.2) is 45.1 Å². The Labute approximate surface area is 379 Å². The second-order valence-corrected chi connectivity index (χ2v) is 28.0. The van der Waals surface area contributed by atoms with Crippen LogP contribution in [0.3, 0.4) is 0 Å². The Balaban J connectivity index is 1.27. The molecule has 0 N–H and O–H groups in total. The van der Waals surface area contributed by atoms with Crippen molar-refractivity contribution in [3.8, 4) is 0 Å². The molecule has 3 fully saturated rings. The minimum absolute atomic E-state index is 0.0924. The number of hydrogen-bond acceptors (Lipinski definition) is 0. The average Bonchev–Trinajstić information content (AvgIpc) is 3.59. The topological polar surface area (TPSA) is 0 Å². The highest BCUT2D eigenvalue weighted by molar-refractivity contribution is 9.17. The van der Waals surface area contributed by atoms with E-state index in [0.29, 0.717) is 0 Å². The third kappa shape index (κ3) is 5.31. The first-order valence-corrected chi connectivity index (χ1v) is 24.9. The van der Waals surface area contributed by atoms with Gasteiger partial charge >= 0.3 is 0 Å². The molecule has 3 saturated carbocycles. The van der Waals surface area contributed by atoms with E-state index in [0.717, 1.165) is 65.4 Å². The van der Waals surface area contributed by atoms with Crippen LogP contribution < -0.4 is 0 Å². The van der Waals surface area contributed by atoms with Gasteiger partial charge in [-0.05, 0) is 55.2 Å². The van der Waals surface area contributed by atoms with E-state index < -0.39 is 0 Å². The zero-order valence-corrected chi connectivity index (χ0v) is 43.9. The molecule has 0 aliphatic heterocycles. The Hall–Kier alpha value is 5.07. The first kappa shape index (κ1) is 38.3. The van der Waals surface area contributed by atoms with Gasteiger partial charge in [-0.3, -0.25) is 0 Å². The Kier molecular flexibility index (Phi) is 10.7. The van der Waals surface area contributed by atoms with Crippen molar-refractivity contribution in [3.05, 3.63) is 61.8 Å². The summed E-state index contributed by atoms with van der Waals surface area (Å²) in [5.74, 6) is 0.518. The Bertz CT molecular complexity index is 1430. The molecular weight excluding hydrogens is 1430 g/mol. The molecule has 12 atom stereocenters. The maximum atomic E-state index is 7.27. The van der Waals surface area contributed by atoms with Crippen molar-refractivity contribution in [3.63, 3.8) is 0 Å². The first-order valence-electron chi connectivity index (χ1n) is 14.0. The van der Waals surface area contributed by atoms with Crippen LogP contribution in [-0.2, 0) is 19.3 Å². The van der Waals surface area contributed by atoms with Crippen molar-refractivity contribution in [1.82, 2.24) is 0 Å². The normalized spacial score (nSPS) is 49.9. The van der Waals surface area contributed by atoms with Crippen LogP contribution in [0.4, 0.5) is 0 Å². The predicted molar refractivity (Wildman–Crippen MR) is 235 cm³/mol. The summed E-state index contributed by atoms with van der Waals surface area (Å²) in [6.07, 6.45) is 5.13. The van der Waals surface area contributed by atoms with E-state index in [-0.39, 0.29) is 59.8 Å². The van der Waals surface area contributed by atoms with Gasteiger partial charge in [0.2, 0.25) is 0 Å². The monoisotopic (exact) mass is 1430 g/mol. The predicted octanol–water partition coefficient (Wildman–Crippen LogP) is 15.0. The second-order valence-electron chi connectivity index (χ2n) is 13.4. The van der Waals surface area contributed by atoms with Crippen LogP contribution in [0.2, 0.25) is 0 Å². The molecule has 6 bridgehead atoms. The van der Waals surface area contributed by atoms with E-state index in [1.165, 1.54) is 16.7 Å². The summed E-state index contributed by atoms with van der Waals surface area (Å²) in [4.78, 5) is 0. The van der Waals surface area contributed by atoms with Crippen LogP contribution in [0.5, 0.6) is 0 Å². The fourth-order valence-electron chi connectivity index (χ4n) is 8.62. The van der Waals surface area contributed by atoms with Gasteiger partial charge in [0, 0.05) is 44.6 Å². The molecule has 0 saturated heterocycles. The molecule has 0 aromatic heterocycles. The summed E-state index contributed by atoms with van der Waals surface area (Å²) in [6, 6.07) is 7.14. The molecule has 0 heterocycles. The lowest BCUT2D eigenvalue weighted by Crippen LogP contribution is -2.39. The average molecular weight is 1450 g/mol. The molecule has 1 aromatic carbocycles. The zero-order chi connectivity index (χ0) is 33.0. The molecule has 0 amide bonds. The lowest BCUT2D eigenvalue weighted by Gasteiger charge is -2.37. The Morgan fingerprint density at radius 2 is 0.622 bits per heavy atom. The molecule has 1 aromatic rings. The van der Waals surface area contributed by atoms with E-state index in [1.807, 2.05) is 0 Å². The van der Waals surface area contributed by atoms with Crippen molar-refractivity contribution < 1.29 is 0 Å². The van der Waals surface area contributed by atoms with Gasteiger partial charge in [0.1, 0.15) is 0 Å². The van der Waals surface area contributed by atoms with Crippen molar-refractivity contribution >= 4 is 226 Å². The number of allylic oxidation sites excluding steroid dienone is 6. The molecule has 6 aliphatic rings. The number of hydrogen-bond donors (Lipinski definition) is 0. The molecule has 246 valence electrons. The first-order chi connectivity index (χ1) is 20.7. The molecule has 45 heavy (non-hydrogen) atoms. The summed E-state index contributed by atoms with van der Waals surface area (Å²) < 4.78 is 5.06. The van der Waals surface area contributed by atoms with Gasteiger partial charge in [-0.2, -0.15) is 0 Å². The maximum Gasteiger partial charge on any atom is 0.0763 e. The summed E-state index contributed by atoms with van der Waals surface area (Å²) >= 11 is 69.4. The maximum absolute atomic E-state index is 7.27. The highest BCUT2D eigenvalue weighted by atomic mass is 79.9. The van der Waals surface area contributed by atoms with E-state index in [9.17, 15) is 0 Å². The van der Waals surface area contributed by atoms with Crippen LogP contribution in [0, 0.1) is 17.8 Å². The molecule has 0 radical (unpaired) electrons. The van der Waals surface area contributed by atoms with E-state index in [1.54, 1.807) is 0 Å². The number of fused-ring (bicyclic) bond motifs is 6. The fourth-order valence-corrected chi connectivity index (χ4v) is 24.3. The van der Waals surface area contributed by atoms with Gasteiger partial charge in [0.15, 0.2) is 0 Å². The number of benzene rings is 1. The molecule has 15 heteroatoms. The van der Waals surface area contributed by atoms with Gasteiger partial charge in [-0.25, -0.2) is 0 Å². The fraction of sp³-hybridized carbons (Fsp3) is 0.600. The minimum atomic E-state index is -0.303. The van der Waals surface area contributed by atoms with Gasteiger partial charge in [-0.1, -0.05) is 209 Å². The van der Waals surface area contributed by atoms with Gasteiger partial charge < -0.3 is 0 Å². The van der Waals surface area contributed by atoms with Crippen molar-refractivity contribution in [2.45, 2.75) is 80.6 Å². The largest absolute Gasteiger partial charge is 0.121 e. The molecular formula is C30H21Br12Cl3. The molecule has 0 nitrogen and oxygen atoms in total. The molecule has 7 rings (SSSR count). The van der Waals surface area contributed by atoms with Crippen LogP contribution >= 0.6 is 226 Å². The van der Waals surface area contributed by atoms with E-state index in [4.69, 9.17) is 34.8 Å². The number of rotatable bonds is 6. The lowest BCUT2D eigenvalue weighted by molar-refractivity contribution is 0.477. The second kappa shape index (κ2) is 12.5. The molecule has 6 aliphatic carbocycles. The third-order valence-electron chi connectivity index (χ3n) is 10.9. The smallest absolute Gasteiger partial charge is 0.0763 e. The molecule has 0 spiro atoms. The zero-order valence-electron chi connectivity index (χ0n) is 22.6. The van der Waals surface area contributed by atoms with Crippen LogP contribution in [-0.4, -0.2) is 42.1 Å². The van der Waals surface area contributed by atoms with Crippen molar-refractivity contribution in [2.24, 2.45) is 17.8 Å². The summed E-state index contributed by atoms with van der Waals surface area (Å²) in [6.45, 7) is 0. The summed E-state index contributed by atoms with van der Waals surface area (Å²) in [5, 5.41) is -0.277. The van der Waals surface area contributed by atoms with E-state index >= 15 is 0 Å². The van der Waals surface area contributed by atoms with Gasteiger partial charge in [-0.15, -0.1) is 34.8 Å². The van der Waals surface area contributed by atoms with Crippen molar-refractivity contribution in [1.29, 1.82) is 0 Å². The summed E-state index contributed by atoms with van der Waals surface area (Å²) in [5.41, 5.74) is 3.84.